The number of nitrogens with one attached hydrogen (secondary N) is 2. The van der Waals surface area contributed by atoms with Crippen molar-refractivity contribution in [2.45, 2.75) is 50.9 Å². The third-order valence-corrected chi connectivity index (χ3v) is 12.2. The number of carbonyl (C=O) groups excluding carboxylic acids is 1. The Morgan fingerprint density at radius 1 is 0.662 bits per heavy atom. The first-order chi connectivity index (χ1) is 31.1. The molecule has 8 rings (SSSR count). The second-order valence-corrected chi connectivity index (χ2v) is 17.8. The molecule has 2 fully saturated rings. The van der Waals surface area contributed by atoms with E-state index in [-0.39, 0.29) is 36.4 Å². The maximum absolute atomic E-state index is 12.3. The van der Waals surface area contributed by atoms with Gasteiger partial charge in [0.05, 0.1) is 111 Å². The average Bonchev–Trinajstić information content (AvgIpc) is 3.90. The number of carbonyl (C=O) groups is 1. The first-order valence-corrected chi connectivity index (χ1v) is 22.0. The number of nitrogens with zero attached hydrogens (tertiary/aromatic N) is 4. The summed E-state index contributed by atoms with van der Waals surface area (Å²) >= 11 is 26.2. The summed E-state index contributed by atoms with van der Waals surface area (Å²) in [6.45, 7) is 7.56. The number of esters is 1. The summed E-state index contributed by atoms with van der Waals surface area (Å²) in [6, 6.07) is 14.5. The topological polar surface area (TPSA) is 183 Å². The van der Waals surface area contributed by atoms with Crippen LogP contribution in [0.15, 0.2) is 60.9 Å². The molecule has 2 aliphatic rings. The van der Waals surface area contributed by atoms with Gasteiger partial charge >= 0.3 is 5.97 Å². The molecule has 0 saturated carbocycles. The van der Waals surface area contributed by atoms with Crippen LogP contribution in [0.3, 0.4) is 0 Å². The first kappa shape index (κ1) is 47.8. The Bertz CT molecular complexity index is 2650. The monoisotopic (exact) mass is 967 g/mol. The number of nitrogens with two attached hydrogens (primary N) is 1. The van der Waals surface area contributed by atoms with Gasteiger partial charge in [-0.25, -0.2) is 19.9 Å². The summed E-state index contributed by atoms with van der Waals surface area (Å²) in [5, 5.41) is 9.79. The van der Waals surface area contributed by atoms with Gasteiger partial charge < -0.3 is 49.5 Å². The molecule has 2 aliphatic heterocycles. The molecular weight excluding hydrogens is 920 g/mol. The molecule has 1 unspecified atom stereocenters. The average molecular weight is 970 g/mol. The van der Waals surface area contributed by atoms with E-state index in [1.165, 1.54) is 14.2 Å². The summed E-state index contributed by atoms with van der Waals surface area (Å²) in [5.74, 6) is 2.57. The van der Waals surface area contributed by atoms with E-state index in [9.17, 15) is 4.79 Å². The smallest absolute Gasteiger partial charge is 0.306 e. The standard InChI is InChI=1S/C26H29Cl2N3O5.C20H20Cl2N4O3/c1-26(2,3)36-21(32)9-16-12-35-13-18(16)31-25-29-11-15-8-14(6-7-17(15)30-25)22-23(27)19(33-4)10-20(34-5)24(22)28;1-27-15-6-16(28-2)19(22)17(18(15)21)10-3-4-13-11(5-10)7-24-20(25-13)26-14-9-29-8-12(14)23/h6-8,10-11,16,18H,9,12-13H2,1-5H3,(H,29,30,31);3-7,12,14H,8-9,23H2,1-2H3,(H,24,25,26)/t16?,18-;12-,14+/m10/s1. The van der Waals surface area contributed by atoms with Gasteiger partial charge in [-0.3, -0.25) is 4.79 Å². The Balaban J connectivity index is 0.000000198. The SMILES string of the molecule is COc1cc(OC)c(Cl)c(-c2ccc3nc(N[C@@H]4COCC4CC(=O)OC(C)(C)C)ncc3c2)c1Cl.COc1cc(OC)c(Cl)c(-c2ccc3nc(N[C@@H]4COC[C@@H]4N)ncc3c2)c1Cl. The van der Waals surface area contributed by atoms with Crippen LogP contribution in [0, 0.1) is 5.92 Å². The Morgan fingerprint density at radius 2 is 1.09 bits per heavy atom. The molecule has 6 aromatic rings. The molecule has 4 aromatic carbocycles. The Kier molecular flexibility index (Phi) is 15.1. The highest BCUT2D eigenvalue weighted by molar-refractivity contribution is 6.42. The number of hydrogen-bond donors (Lipinski definition) is 3. The second kappa shape index (κ2) is 20.6. The van der Waals surface area contributed by atoms with E-state index < -0.39 is 5.60 Å². The van der Waals surface area contributed by atoms with E-state index in [0.717, 1.165) is 32.9 Å². The lowest BCUT2D eigenvalue weighted by atomic mass is 10.00. The van der Waals surface area contributed by atoms with Crippen molar-refractivity contribution in [1.82, 2.24) is 19.9 Å². The minimum atomic E-state index is -0.524. The van der Waals surface area contributed by atoms with Crippen molar-refractivity contribution in [2.24, 2.45) is 11.7 Å². The van der Waals surface area contributed by atoms with E-state index in [1.54, 1.807) is 38.7 Å². The lowest BCUT2D eigenvalue weighted by Gasteiger charge is -2.23. The van der Waals surface area contributed by atoms with E-state index in [0.29, 0.717) is 92.5 Å². The van der Waals surface area contributed by atoms with Crippen molar-refractivity contribution in [2.75, 3.05) is 65.5 Å². The quantitative estimate of drug-likeness (QED) is 0.0985. The maximum atomic E-state index is 12.3. The predicted octanol–water partition coefficient (Wildman–Crippen LogP) is 9.54. The van der Waals surface area contributed by atoms with Crippen molar-refractivity contribution in [3.8, 4) is 45.3 Å². The highest BCUT2D eigenvalue weighted by atomic mass is 35.5. The van der Waals surface area contributed by atoms with Crippen LogP contribution in [0.2, 0.25) is 20.1 Å². The van der Waals surface area contributed by atoms with Gasteiger partial charge in [0.15, 0.2) is 0 Å². The molecule has 0 amide bonds. The summed E-state index contributed by atoms with van der Waals surface area (Å²) in [5.41, 5.74) is 9.82. The Hall–Kier alpha value is -5.13. The Labute approximate surface area is 396 Å². The lowest BCUT2D eigenvalue weighted by Crippen LogP contribution is -2.39. The zero-order chi connectivity index (χ0) is 46.6. The van der Waals surface area contributed by atoms with Crippen LogP contribution in [0.25, 0.3) is 44.1 Å². The molecular formula is C46H49Cl4N7O8. The molecule has 0 bridgehead atoms. The molecule has 2 saturated heterocycles. The molecule has 0 radical (unpaired) electrons. The van der Waals surface area contributed by atoms with Gasteiger partial charge in [0.25, 0.3) is 0 Å². The van der Waals surface area contributed by atoms with Crippen molar-refractivity contribution in [1.29, 1.82) is 0 Å². The lowest BCUT2D eigenvalue weighted by molar-refractivity contribution is -0.156. The van der Waals surface area contributed by atoms with Crippen LogP contribution in [-0.4, -0.2) is 104 Å². The molecule has 2 aromatic heterocycles. The van der Waals surface area contributed by atoms with E-state index in [1.807, 2.05) is 57.2 Å². The number of halogens is 4. The molecule has 4 atom stereocenters. The van der Waals surface area contributed by atoms with Crippen LogP contribution in [0.4, 0.5) is 11.9 Å². The number of ether oxygens (including phenoxy) is 7. The minimum absolute atomic E-state index is 0.00594. The fourth-order valence-electron chi connectivity index (χ4n) is 7.40. The third kappa shape index (κ3) is 10.9. The number of aromatic nitrogens is 4. The highest BCUT2D eigenvalue weighted by Gasteiger charge is 2.33. The van der Waals surface area contributed by atoms with Crippen molar-refractivity contribution >= 4 is 86.1 Å². The Morgan fingerprint density at radius 3 is 1.51 bits per heavy atom. The van der Waals surface area contributed by atoms with Gasteiger partial charge in [0, 0.05) is 52.3 Å². The molecule has 15 nitrogen and oxygen atoms in total. The van der Waals surface area contributed by atoms with E-state index in [4.69, 9.17) is 85.3 Å². The van der Waals surface area contributed by atoms with Crippen molar-refractivity contribution in [3.05, 3.63) is 81.0 Å². The molecule has 0 aliphatic carbocycles. The van der Waals surface area contributed by atoms with Gasteiger partial charge in [0.1, 0.15) is 28.6 Å². The highest BCUT2D eigenvalue weighted by Crippen LogP contribution is 2.48. The van der Waals surface area contributed by atoms with Gasteiger partial charge in [0.2, 0.25) is 11.9 Å². The van der Waals surface area contributed by atoms with E-state index >= 15 is 0 Å². The summed E-state index contributed by atoms with van der Waals surface area (Å²) < 4.78 is 37.9. The van der Waals surface area contributed by atoms with Crippen molar-refractivity contribution < 1.29 is 38.0 Å². The largest absolute Gasteiger partial charge is 0.495 e. The molecule has 344 valence electrons. The molecule has 19 heteroatoms. The van der Waals surface area contributed by atoms with Crippen LogP contribution < -0.4 is 35.3 Å². The number of fused-ring (bicyclic) bond motifs is 2. The molecule has 0 spiro atoms. The molecule has 65 heavy (non-hydrogen) atoms. The number of hydrogen-bond acceptors (Lipinski definition) is 15. The summed E-state index contributed by atoms with van der Waals surface area (Å²) in [7, 11) is 6.16. The fourth-order valence-corrected chi connectivity index (χ4v) is 8.84. The van der Waals surface area contributed by atoms with E-state index in [2.05, 4.69) is 30.6 Å². The number of rotatable bonds is 12. The number of benzene rings is 4. The fraction of sp³-hybridized carbons (Fsp3) is 0.370. The summed E-state index contributed by atoms with van der Waals surface area (Å²) in [4.78, 5) is 30.4. The normalized spacial score (nSPS) is 18.2. The zero-order valence-corrected chi connectivity index (χ0v) is 39.8. The van der Waals surface area contributed by atoms with Crippen LogP contribution >= 0.6 is 46.4 Å². The van der Waals surface area contributed by atoms with Gasteiger partial charge in [-0.1, -0.05) is 58.5 Å². The molecule has 4 N–H and O–H groups in total. The number of anilines is 2. The molecule has 4 heterocycles. The first-order valence-electron chi connectivity index (χ1n) is 20.5. The third-order valence-electron chi connectivity index (χ3n) is 10.7. The van der Waals surface area contributed by atoms with Crippen LogP contribution in [-0.2, 0) is 19.0 Å². The van der Waals surface area contributed by atoms with Crippen LogP contribution in [0.5, 0.6) is 23.0 Å². The van der Waals surface area contributed by atoms with Gasteiger partial charge in [-0.2, -0.15) is 0 Å². The number of methoxy groups -OCH3 is 4. The predicted molar refractivity (Wildman–Crippen MR) is 255 cm³/mol. The van der Waals surface area contributed by atoms with Crippen molar-refractivity contribution in [3.63, 3.8) is 0 Å². The van der Waals surface area contributed by atoms with Gasteiger partial charge in [-0.15, -0.1) is 0 Å². The van der Waals surface area contributed by atoms with Gasteiger partial charge in [-0.05, 0) is 56.2 Å². The second-order valence-electron chi connectivity index (χ2n) is 16.3. The van der Waals surface area contributed by atoms with Crippen LogP contribution in [0.1, 0.15) is 27.2 Å². The maximum Gasteiger partial charge on any atom is 0.306 e. The minimum Gasteiger partial charge on any atom is -0.495 e. The zero-order valence-electron chi connectivity index (χ0n) is 36.8. The summed E-state index contributed by atoms with van der Waals surface area (Å²) in [6.07, 6.45) is 3.73.